The van der Waals surface area contributed by atoms with E-state index in [1.165, 1.54) is 6.07 Å². The summed E-state index contributed by atoms with van der Waals surface area (Å²) in [6.07, 6.45) is -3.68. The molecule has 3 rings (SSSR count). The monoisotopic (exact) mass is 390 g/mol. The van der Waals surface area contributed by atoms with Crippen molar-refractivity contribution in [2.75, 3.05) is 26.1 Å². The van der Waals surface area contributed by atoms with Crippen LogP contribution in [0.15, 0.2) is 42.5 Å². The predicted octanol–water partition coefficient (Wildman–Crippen LogP) is 5.23. The molecule has 3 aromatic rings. The molecule has 1 heterocycles. The van der Waals surface area contributed by atoms with Gasteiger partial charge in [0.1, 0.15) is 0 Å². The minimum absolute atomic E-state index is 0.323. The summed E-state index contributed by atoms with van der Waals surface area (Å²) >= 11 is 0. The van der Waals surface area contributed by atoms with Gasteiger partial charge in [0.15, 0.2) is 11.5 Å². The first kappa shape index (κ1) is 19.8. The molecule has 0 atom stereocenters. The number of nitrogens with one attached hydrogen (secondary N) is 1. The molecule has 7 heteroatoms. The van der Waals surface area contributed by atoms with Gasteiger partial charge in [-0.25, -0.2) is 0 Å². The molecule has 148 valence electrons. The quantitative estimate of drug-likeness (QED) is 0.626. The normalized spacial score (nSPS) is 11.5. The molecule has 4 nitrogen and oxygen atoms in total. The largest absolute Gasteiger partial charge is 0.493 e. The van der Waals surface area contributed by atoms with Crippen molar-refractivity contribution in [1.82, 2.24) is 4.98 Å². The maximum absolute atomic E-state index is 13.0. The lowest BCUT2D eigenvalue weighted by molar-refractivity contribution is -0.137. The van der Waals surface area contributed by atoms with Crippen molar-refractivity contribution in [3.05, 3.63) is 59.3 Å². The van der Waals surface area contributed by atoms with Crippen LogP contribution in [0.5, 0.6) is 11.5 Å². The van der Waals surface area contributed by atoms with Crippen LogP contribution in [0.1, 0.15) is 16.8 Å². The standard InChI is InChI=1S/C21H21F3N2O2/c1-13-10-17(16-6-5-15(21(22,23)24)12-18(16)26-13)25-9-8-14-4-7-19(27-2)20(11-14)28-3/h4-7,10-12H,8-9H2,1-3H3,(H,25,26). The molecule has 0 saturated carbocycles. The lowest BCUT2D eigenvalue weighted by atomic mass is 10.1. The summed E-state index contributed by atoms with van der Waals surface area (Å²) in [5.41, 5.74) is 2.09. The Balaban J connectivity index is 1.79. The number of hydrogen-bond acceptors (Lipinski definition) is 4. The predicted molar refractivity (Wildman–Crippen MR) is 103 cm³/mol. The first-order valence-electron chi connectivity index (χ1n) is 8.75. The Morgan fingerprint density at radius 3 is 2.39 bits per heavy atom. The van der Waals surface area contributed by atoms with E-state index in [1.54, 1.807) is 21.1 Å². The summed E-state index contributed by atoms with van der Waals surface area (Å²) in [5.74, 6) is 1.32. The molecule has 0 aliphatic heterocycles. The number of aromatic nitrogens is 1. The molecular weight excluding hydrogens is 369 g/mol. The van der Waals surface area contributed by atoms with Crippen molar-refractivity contribution in [3.8, 4) is 11.5 Å². The first-order chi connectivity index (χ1) is 13.3. The van der Waals surface area contributed by atoms with Crippen LogP contribution in [0.4, 0.5) is 18.9 Å². The molecule has 1 aromatic heterocycles. The summed E-state index contributed by atoms with van der Waals surface area (Å²) in [5, 5.41) is 3.97. The fraction of sp³-hybridized carbons (Fsp3) is 0.286. The van der Waals surface area contributed by atoms with Crippen LogP contribution in [0.2, 0.25) is 0 Å². The van der Waals surface area contributed by atoms with Gasteiger partial charge in [0.05, 0.1) is 25.3 Å². The van der Waals surface area contributed by atoms with Gasteiger partial charge in [0.25, 0.3) is 0 Å². The molecule has 0 unspecified atom stereocenters. The number of ether oxygens (including phenoxy) is 2. The van der Waals surface area contributed by atoms with Crippen LogP contribution in [0.25, 0.3) is 10.9 Å². The van der Waals surface area contributed by atoms with E-state index in [4.69, 9.17) is 9.47 Å². The van der Waals surface area contributed by atoms with Crippen LogP contribution in [0, 0.1) is 6.92 Å². The lowest BCUT2D eigenvalue weighted by Crippen LogP contribution is -2.08. The summed E-state index contributed by atoms with van der Waals surface area (Å²) in [7, 11) is 3.17. The average Bonchev–Trinajstić information content (AvgIpc) is 2.66. The molecule has 0 fully saturated rings. The third-order valence-electron chi connectivity index (χ3n) is 4.44. The van der Waals surface area contributed by atoms with Gasteiger partial charge in [-0.05, 0) is 49.2 Å². The second-order valence-corrected chi connectivity index (χ2v) is 6.41. The number of rotatable bonds is 6. The summed E-state index contributed by atoms with van der Waals surface area (Å²) in [6, 6.07) is 11.2. The number of aryl methyl sites for hydroxylation is 1. The van der Waals surface area contributed by atoms with E-state index >= 15 is 0 Å². The number of hydrogen-bond donors (Lipinski definition) is 1. The van der Waals surface area contributed by atoms with Crippen LogP contribution in [0.3, 0.4) is 0 Å². The van der Waals surface area contributed by atoms with Crippen molar-refractivity contribution in [1.29, 1.82) is 0 Å². The van der Waals surface area contributed by atoms with Crippen molar-refractivity contribution >= 4 is 16.6 Å². The van der Waals surface area contributed by atoms with Crippen LogP contribution < -0.4 is 14.8 Å². The van der Waals surface area contributed by atoms with Gasteiger partial charge >= 0.3 is 6.18 Å². The Bertz CT molecular complexity index is 987. The van der Waals surface area contributed by atoms with Gasteiger partial charge < -0.3 is 14.8 Å². The van der Waals surface area contributed by atoms with Gasteiger partial charge in [0, 0.05) is 23.3 Å². The first-order valence-corrected chi connectivity index (χ1v) is 8.75. The molecule has 0 radical (unpaired) electrons. The molecule has 0 aliphatic carbocycles. The highest BCUT2D eigenvalue weighted by Crippen LogP contribution is 2.33. The van der Waals surface area contributed by atoms with Gasteiger partial charge in [0.2, 0.25) is 0 Å². The maximum Gasteiger partial charge on any atom is 0.416 e. The Morgan fingerprint density at radius 1 is 0.964 bits per heavy atom. The van der Waals surface area contributed by atoms with Gasteiger partial charge in [-0.1, -0.05) is 12.1 Å². The maximum atomic E-state index is 13.0. The number of anilines is 1. The minimum Gasteiger partial charge on any atom is -0.493 e. The molecule has 0 spiro atoms. The Kier molecular flexibility index (Phi) is 5.63. The van der Waals surface area contributed by atoms with E-state index < -0.39 is 11.7 Å². The molecule has 0 saturated heterocycles. The van der Waals surface area contributed by atoms with E-state index in [2.05, 4.69) is 10.3 Å². The Hall–Kier alpha value is -2.96. The Labute approximate surface area is 161 Å². The number of alkyl halides is 3. The topological polar surface area (TPSA) is 43.4 Å². The molecule has 2 aromatic carbocycles. The smallest absolute Gasteiger partial charge is 0.416 e. The zero-order valence-corrected chi connectivity index (χ0v) is 15.9. The third kappa shape index (κ3) is 4.30. The van der Waals surface area contributed by atoms with E-state index in [1.807, 2.05) is 24.3 Å². The SMILES string of the molecule is COc1ccc(CCNc2cc(C)nc3cc(C(F)(F)F)ccc23)cc1OC. The fourth-order valence-corrected chi connectivity index (χ4v) is 3.06. The van der Waals surface area contributed by atoms with Crippen LogP contribution in [-0.2, 0) is 12.6 Å². The number of methoxy groups -OCH3 is 2. The number of pyridine rings is 1. The molecular formula is C21H21F3N2O2. The average molecular weight is 390 g/mol. The second-order valence-electron chi connectivity index (χ2n) is 6.41. The van der Waals surface area contributed by atoms with E-state index in [0.717, 1.165) is 23.4 Å². The van der Waals surface area contributed by atoms with E-state index in [-0.39, 0.29) is 0 Å². The molecule has 0 amide bonds. The highest BCUT2D eigenvalue weighted by molar-refractivity contribution is 5.92. The van der Waals surface area contributed by atoms with Crippen LogP contribution >= 0.6 is 0 Å². The number of fused-ring (bicyclic) bond motifs is 1. The zero-order valence-electron chi connectivity index (χ0n) is 15.9. The highest BCUT2D eigenvalue weighted by Gasteiger charge is 2.30. The van der Waals surface area contributed by atoms with Crippen molar-refractivity contribution < 1.29 is 22.6 Å². The molecule has 1 N–H and O–H groups in total. The van der Waals surface area contributed by atoms with Crippen molar-refractivity contribution in [2.45, 2.75) is 19.5 Å². The van der Waals surface area contributed by atoms with E-state index in [0.29, 0.717) is 41.1 Å². The van der Waals surface area contributed by atoms with Gasteiger partial charge in [-0.2, -0.15) is 13.2 Å². The van der Waals surface area contributed by atoms with Crippen molar-refractivity contribution in [2.24, 2.45) is 0 Å². The Morgan fingerprint density at radius 2 is 1.71 bits per heavy atom. The number of halogens is 3. The van der Waals surface area contributed by atoms with Crippen molar-refractivity contribution in [3.63, 3.8) is 0 Å². The highest BCUT2D eigenvalue weighted by atomic mass is 19.4. The van der Waals surface area contributed by atoms with Crippen LogP contribution in [-0.4, -0.2) is 25.7 Å². The van der Waals surface area contributed by atoms with Gasteiger partial charge in [-0.3, -0.25) is 4.98 Å². The molecule has 0 bridgehead atoms. The molecule has 0 aliphatic rings. The summed E-state index contributed by atoms with van der Waals surface area (Å²) in [6.45, 7) is 2.37. The fourth-order valence-electron chi connectivity index (χ4n) is 3.06. The third-order valence-corrected chi connectivity index (χ3v) is 4.44. The second kappa shape index (κ2) is 7.96. The summed E-state index contributed by atoms with van der Waals surface area (Å²) in [4.78, 5) is 4.25. The number of benzene rings is 2. The minimum atomic E-state index is -4.39. The van der Waals surface area contributed by atoms with Gasteiger partial charge in [-0.15, -0.1) is 0 Å². The molecule has 28 heavy (non-hydrogen) atoms. The lowest BCUT2D eigenvalue weighted by Gasteiger charge is -2.13. The van der Waals surface area contributed by atoms with E-state index in [9.17, 15) is 13.2 Å². The zero-order chi connectivity index (χ0) is 20.3. The summed E-state index contributed by atoms with van der Waals surface area (Å²) < 4.78 is 49.4. The number of nitrogens with zero attached hydrogens (tertiary/aromatic N) is 1.